The average molecular weight is 328 g/mol. The second-order valence-corrected chi connectivity index (χ2v) is 6.12. The molecule has 0 spiro atoms. The molecule has 0 fully saturated rings. The molecular weight excluding hydrogens is 309 g/mol. The second-order valence-electron chi connectivity index (χ2n) is 5.27. The largest absolute Gasteiger partial charge is 0.369 e. The van der Waals surface area contributed by atoms with Gasteiger partial charge in [-0.25, -0.2) is 9.37 Å². The third-order valence-corrected chi connectivity index (χ3v) is 3.84. The number of unbranched alkanes of at least 4 members (excludes halogenated alkanes) is 1. The van der Waals surface area contributed by atoms with Gasteiger partial charge >= 0.3 is 0 Å². The Kier molecular flexibility index (Phi) is 4.45. The normalized spacial score (nSPS) is 11.6. The monoisotopic (exact) mass is 327 g/mol. The van der Waals surface area contributed by atoms with Gasteiger partial charge in [-0.2, -0.15) is 0 Å². The van der Waals surface area contributed by atoms with E-state index in [0.717, 1.165) is 30.4 Å². The van der Waals surface area contributed by atoms with Gasteiger partial charge in [0.15, 0.2) is 0 Å². The van der Waals surface area contributed by atoms with Crippen molar-refractivity contribution in [2.45, 2.75) is 39.7 Å². The zero-order chi connectivity index (χ0) is 14.0. The number of nitrogen functional groups attached to an aromatic ring is 1. The summed E-state index contributed by atoms with van der Waals surface area (Å²) in [5, 5.41) is 0. The maximum Gasteiger partial charge on any atom is 0.201 e. The number of nitrogens with zero attached hydrogens (tertiary/aromatic N) is 2. The molecule has 2 N–H and O–H groups in total. The number of hydrogen-bond acceptors (Lipinski definition) is 2. The van der Waals surface area contributed by atoms with E-state index in [2.05, 4.69) is 34.8 Å². The fraction of sp³-hybridized carbons (Fsp3) is 0.500. The predicted molar refractivity (Wildman–Crippen MR) is 80.5 cm³/mol. The zero-order valence-electron chi connectivity index (χ0n) is 11.3. The van der Waals surface area contributed by atoms with Gasteiger partial charge in [0.05, 0.1) is 15.5 Å². The fourth-order valence-corrected chi connectivity index (χ4v) is 2.53. The molecule has 2 rings (SSSR count). The SMILES string of the molecule is CC(C)CCCCn1c(N)nc2cc(Br)c(F)cc21. The van der Waals surface area contributed by atoms with E-state index in [1.807, 2.05) is 4.57 Å². The lowest BCUT2D eigenvalue weighted by Crippen LogP contribution is -2.04. The molecule has 0 bridgehead atoms. The van der Waals surface area contributed by atoms with Crippen molar-refractivity contribution in [2.24, 2.45) is 5.92 Å². The van der Waals surface area contributed by atoms with Crippen molar-refractivity contribution in [3.8, 4) is 0 Å². The number of nitrogens with two attached hydrogens (primary N) is 1. The summed E-state index contributed by atoms with van der Waals surface area (Å²) >= 11 is 3.16. The third-order valence-electron chi connectivity index (χ3n) is 3.23. The summed E-state index contributed by atoms with van der Waals surface area (Å²) in [6.45, 7) is 5.22. The van der Waals surface area contributed by atoms with E-state index >= 15 is 0 Å². The van der Waals surface area contributed by atoms with Crippen molar-refractivity contribution in [1.82, 2.24) is 9.55 Å². The third kappa shape index (κ3) is 3.26. The maximum absolute atomic E-state index is 13.6. The molecule has 104 valence electrons. The Hall–Kier alpha value is -1.10. The lowest BCUT2D eigenvalue weighted by molar-refractivity contribution is 0.514. The Morgan fingerprint density at radius 3 is 2.79 bits per heavy atom. The van der Waals surface area contributed by atoms with Crippen molar-refractivity contribution >= 4 is 32.9 Å². The minimum Gasteiger partial charge on any atom is -0.369 e. The first-order chi connectivity index (χ1) is 8.99. The quantitative estimate of drug-likeness (QED) is 0.830. The molecule has 0 aliphatic heterocycles. The number of aromatic nitrogens is 2. The molecule has 0 aliphatic rings. The second kappa shape index (κ2) is 5.90. The van der Waals surface area contributed by atoms with Gasteiger partial charge in [-0.1, -0.05) is 26.7 Å². The summed E-state index contributed by atoms with van der Waals surface area (Å²) in [6.07, 6.45) is 3.38. The summed E-state index contributed by atoms with van der Waals surface area (Å²) in [4.78, 5) is 4.27. The van der Waals surface area contributed by atoms with Crippen molar-refractivity contribution in [3.63, 3.8) is 0 Å². The standard InChI is InChI=1S/C14H19BrFN3/c1-9(2)5-3-4-6-19-13-8-11(16)10(15)7-12(13)18-14(19)17/h7-9H,3-6H2,1-2H3,(H2,17,18). The highest BCUT2D eigenvalue weighted by atomic mass is 79.9. The summed E-state index contributed by atoms with van der Waals surface area (Å²) in [6, 6.07) is 3.16. The molecule has 19 heavy (non-hydrogen) atoms. The highest BCUT2D eigenvalue weighted by Crippen LogP contribution is 2.25. The molecule has 5 heteroatoms. The summed E-state index contributed by atoms with van der Waals surface area (Å²) in [5.74, 6) is 0.887. The Morgan fingerprint density at radius 2 is 2.11 bits per heavy atom. The number of halogens is 2. The molecule has 0 aliphatic carbocycles. The van der Waals surface area contributed by atoms with Gasteiger partial charge in [-0.3, -0.25) is 0 Å². The molecule has 0 unspecified atom stereocenters. The molecule has 0 saturated heterocycles. The highest BCUT2D eigenvalue weighted by Gasteiger charge is 2.11. The predicted octanol–water partition coefficient (Wildman–Crippen LogP) is 4.35. The minimum atomic E-state index is -0.282. The number of rotatable bonds is 5. The van der Waals surface area contributed by atoms with Crippen molar-refractivity contribution < 1.29 is 4.39 Å². The number of aryl methyl sites for hydroxylation is 1. The minimum absolute atomic E-state index is 0.282. The van der Waals surface area contributed by atoms with E-state index in [-0.39, 0.29) is 5.82 Å². The van der Waals surface area contributed by atoms with E-state index in [1.165, 1.54) is 12.5 Å². The first kappa shape index (κ1) is 14.3. The van der Waals surface area contributed by atoms with Gasteiger partial charge in [-0.05, 0) is 34.3 Å². The van der Waals surface area contributed by atoms with Crippen LogP contribution in [-0.2, 0) is 6.54 Å². The Bertz CT molecular complexity index is 578. The highest BCUT2D eigenvalue weighted by molar-refractivity contribution is 9.10. The fourth-order valence-electron chi connectivity index (χ4n) is 2.20. The van der Waals surface area contributed by atoms with Crippen molar-refractivity contribution in [3.05, 3.63) is 22.4 Å². The van der Waals surface area contributed by atoms with Crippen LogP contribution < -0.4 is 5.73 Å². The topological polar surface area (TPSA) is 43.8 Å². The Labute approximate surface area is 121 Å². The lowest BCUT2D eigenvalue weighted by atomic mass is 10.1. The average Bonchev–Trinajstić information content (AvgIpc) is 2.61. The first-order valence-corrected chi connectivity index (χ1v) is 7.39. The van der Waals surface area contributed by atoms with Crippen LogP contribution >= 0.6 is 15.9 Å². The van der Waals surface area contributed by atoms with Crippen LogP contribution in [-0.4, -0.2) is 9.55 Å². The van der Waals surface area contributed by atoms with Crippen molar-refractivity contribution in [1.29, 1.82) is 0 Å². The number of hydrogen-bond donors (Lipinski definition) is 1. The molecule has 0 radical (unpaired) electrons. The molecule has 3 nitrogen and oxygen atoms in total. The van der Waals surface area contributed by atoms with E-state index in [1.54, 1.807) is 6.07 Å². The van der Waals surface area contributed by atoms with Gasteiger partial charge < -0.3 is 10.3 Å². The van der Waals surface area contributed by atoms with Crippen LogP contribution in [0.25, 0.3) is 11.0 Å². The van der Waals surface area contributed by atoms with E-state index in [4.69, 9.17) is 5.73 Å². The molecular formula is C14H19BrFN3. The summed E-state index contributed by atoms with van der Waals surface area (Å²) < 4.78 is 15.9. The Morgan fingerprint density at radius 1 is 1.37 bits per heavy atom. The van der Waals surface area contributed by atoms with Gasteiger partial charge in [-0.15, -0.1) is 0 Å². The van der Waals surface area contributed by atoms with Crippen LogP contribution in [0.1, 0.15) is 33.1 Å². The molecule has 2 aromatic rings. The van der Waals surface area contributed by atoms with Gasteiger partial charge in [0.2, 0.25) is 5.95 Å². The molecule has 1 heterocycles. The van der Waals surface area contributed by atoms with Gasteiger partial charge in [0.25, 0.3) is 0 Å². The van der Waals surface area contributed by atoms with Crippen LogP contribution in [0.3, 0.4) is 0 Å². The number of benzene rings is 1. The van der Waals surface area contributed by atoms with Crippen molar-refractivity contribution in [2.75, 3.05) is 5.73 Å². The maximum atomic E-state index is 13.6. The van der Waals surface area contributed by atoms with Gasteiger partial charge in [0.1, 0.15) is 5.82 Å². The van der Waals surface area contributed by atoms with Gasteiger partial charge in [0, 0.05) is 12.6 Å². The van der Waals surface area contributed by atoms with E-state index < -0.39 is 0 Å². The van der Waals surface area contributed by atoms with E-state index in [0.29, 0.717) is 16.3 Å². The molecule has 1 aromatic carbocycles. The number of imidazole rings is 1. The summed E-state index contributed by atoms with van der Waals surface area (Å²) in [5.41, 5.74) is 7.41. The van der Waals surface area contributed by atoms with Crippen LogP contribution in [0.2, 0.25) is 0 Å². The zero-order valence-corrected chi connectivity index (χ0v) is 12.9. The Balaban J connectivity index is 2.18. The van der Waals surface area contributed by atoms with E-state index in [9.17, 15) is 4.39 Å². The number of fused-ring (bicyclic) bond motifs is 1. The number of anilines is 1. The molecule has 0 atom stereocenters. The van der Waals surface area contributed by atoms with Crippen LogP contribution in [0.4, 0.5) is 10.3 Å². The smallest absolute Gasteiger partial charge is 0.201 e. The molecule has 1 aromatic heterocycles. The van der Waals surface area contributed by atoms with Crippen LogP contribution in [0, 0.1) is 11.7 Å². The first-order valence-electron chi connectivity index (χ1n) is 6.59. The molecule has 0 amide bonds. The van der Waals surface area contributed by atoms with Crippen LogP contribution in [0.15, 0.2) is 16.6 Å². The summed E-state index contributed by atoms with van der Waals surface area (Å²) in [7, 11) is 0. The molecule has 0 saturated carbocycles. The van der Waals surface area contributed by atoms with Crippen LogP contribution in [0.5, 0.6) is 0 Å². The lowest BCUT2D eigenvalue weighted by Gasteiger charge is -2.08.